The van der Waals surface area contributed by atoms with Crippen molar-refractivity contribution < 1.29 is 43.2 Å². The summed E-state index contributed by atoms with van der Waals surface area (Å²) in [6.07, 6.45) is 13.9. The van der Waals surface area contributed by atoms with Gasteiger partial charge in [-0.2, -0.15) is 0 Å². The number of aliphatic hydroxyl groups is 1. The number of esters is 3. The van der Waals surface area contributed by atoms with Crippen molar-refractivity contribution in [3.05, 3.63) is 83.9 Å². The van der Waals surface area contributed by atoms with Gasteiger partial charge in [-0.05, 0) is 111 Å². The zero-order valence-corrected chi connectivity index (χ0v) is 28.2. The molecule has 9 heteroatoms. The van der Waals surface area contributed by atoms with E-state index in [-0.39, 0.29) is 5.97 Å². The Bertz CT molecular complexity index is 1340. The minimum Gasteiger partial charge on any atom is -0.494 e. The topological polar surface area (TPSA) is 118 Å². The van der Waals surface area contributed by atoms with E-state index in [1.54, 1.807) is 72.8 Å². The summed E-state index contributed by atoms with van der Waals surface area (Å²) in [6, 6.07) is 19.9. The molecule has 1 N–H and O–H groups in total. The van der Waals surface area contributed by atoms with Crippen molar-refractivity contribution in [1.29, 1.82) is 0 Å². The number of ether oxygens (including phenoxy) is 5. The van der Waals surface area contributed by atoms with Gasteiger partial charge in [0.2, 0.25) is 0 Å². The molecule has 0 atom stereocenters. The third-order valence-electron chi connectivity index (χ3n) is 7.61. The average Bonchev–Trinajstić information content (AvgIpc) is 3.09. The van der Waals surface area contributed by atoms with Crippen LogP contribution < -0.4 is 18.9 Å². The molecule has 0 saturated carbocycles. The van der Waals surface area contributed by atoms with Gasteiger partial charge < -0.3 is 28.8 Å². The second kappa shape index (κ2) is 23.0. The van der Waals surface area contributed by atoms with Crippen LogP contribution in [-0.4, -0.2) is 49.4 Å². The fourth-order valence-electron chi connectivity index (χ4n) is 4.89. The number of hydrogen-bond donors (Lipinski definition) is 1. The number of carbonyl (C=O) groups is 3. The van der Waals surface area contributed by atoms with E-state index in [0.29, 0.717) is 60.6 Å². The fourth-order valence-corrected chi connectivity index (χ4v) is 4.89. The van der Waals surface area contributed by atoms with Gasteiger partial charge in [-0.15, -0.1) is 0 Å². The zero-order chi connectivity index (χ0) is 34.2. The van der Waals surface area contributed by atoms with E-state index in [1.807, 2.05) is 0 Å². The van der Waals surface area contributed by atoms with Crippen LogP contribution >= 0.6 is 0 Å². The molecule has 0 saturated heterocycles. The van der Waals surface area contributed by atoms with Crippen LogP contribution in [0.3, 0.4) is 0 Å². The molecule has 0 heterocycles. The van der Waals surface area contributed by atoms with Crippen molar-refractivity contribution in [2.24, 2.45) is 0 Å². The molecule has 0 aliphatic rings. The lowest BCUT2D eigenvalue weighted by atomic mass is 10.1. The summed E-state index contributed by atoms with van der Waals surface area (Å²) in [5.41, 5.74) is 0.786. The maximum Gasteiger partial charge on any atom is 0.343 e. The van der Waals surface area contributed by atoms with Crippen molar-refractivity contribution in [3.8, 4) is 23.0 Å². The minimum absolute atomic E-state index is 0.253. The fraction of sp³-hybridized carbons (Fsp3) is 0.462. The predicted octanol–water partition coefficient (Wildman–Crippen LogP) is 8.51. The first-order valence-electron chi connectivity index (χ1n) is 17.2. The number of rotatable bonds is 24. The third kappa shape index (κ3) is 16.0. The monoisotopic (exact) mass is 662 g/mol. The van der Waals surface area contributed by atoms with Crippen LogP contribution in [0.1, 0.15) is 111 Å². The highest BCUT2D eigenvalue weighted by Gasteiger charge is 2.12. The molecule has 260 valence electrons. The molecule has 3 aromatic rings. The van der Waals surface area contributed by atoms with Crippen LogP contribution in [0.25, 0.3) is 0 Å². The molecule has 0 bridgehead atoms. The van der Waals surface area contributed by atoms with E-state index in [1.165, 1.54) is 39.0 Å². The maximum absolute atomic E-state index is 12.6. The number of benzene rings is 3. The molecule has 0 aromatic heterocycles. The first-order chi connectivity index (χ1) is 23.4. The Kier molecular flexibility index (Phi) is 18.3. The number of aliphatic hydroxyl groups excluding tert-OH is 1. The Hall–Kier alpha value is -4.37. The summed E-state index contributed by atoms with van der Waals surface area (Å²) in [4.78, 5) is 36.0. The van der Waals surface area contributed by atoms with Crippen molar-refractivity contribution in [1.82, 2.24) is 0 Å². The highest BCUT2D eigenvalue weighted by molar-refractivity contribution is 5.92. The SMILES string of the molecule is CC(=O)OCCCCCCOc1ccc(C(=O)Oc2ccc(OC(=O)c3ccc(OCCCCCCCCCCCO)cc3)cc2)cc1. The summed E-state index contributed by atoms with van der Waals surface area (Å²) in [5.74, 6) is 0.771. The molecule has 0 fully saturated rings. The number of hydrogen-bond acceptors (Lipinski definition) is 9. The summed E-state index contributed by atoms with van der Waals surface area (Å²) in [5, 5.41) is 8.81. The summed E-state index contributed by atoms with van der Waals surface area (Å²) < 4.78 is 27.4. The van der Waals surface area contributed by atoms with Crippen LogP contribution in [0, 0.1) is 0 Å². The van der Waals surface area contributed by atoms with Gasteiger partial charge in [0.1, 0.15) is 23.0 Å². The number of unbranched alkanes of at least 4 members (excludes halogenated alkanes) is 11. The van der Waals surface area contributed by atoms with Gasteiger partial charge >= 0.3 is 17.9 Å². The second-order valence-electron chi connectivity index (χ2n) is 11.7. The van der Waals surface area contributed by atoms with Crippen LogP contribution in [0.5, 0.6) is 23.0 Å². The summed E-state index contributed by atoms with van der Waals surface area (Å²) >= 11 is 0. The highest BCUT2D eigenvalue weighted by atomic mass is 16.5. The Labute approximate surface area is 284 Å². The van der Waals surface area contributed by atoms with Gasteiger partial charge in [-0.3, -0.25) is 4.79 Å². The third-order valence-corrected chi connectivity index (χ3v) is 7.61. The lowest BCUT2D eigenvalue weighted by molar-refractivity contribution is -0.141. The lowest BCUT2D eigenvalue weighted by Crippen LogP contribution is -2.09. The number of carbonyl (C=O) groups excluding carboxylic acids is 3. The van der Waals surface area contributed by atoms with E-state index in [2.05, 4.69) is 0 Å². The zero-order valence-electron chi connectivity index (χ0n) is 28.2. The molecule has 9 nitrogen and oxygen atoms in total. The molecule has 0 amide bonds. The molecule has 0 aliphatic carbocycles. The molecule has 3 rings (SSSR count). The van der Waals surface area contributed by atoms with Gasteiger partial charge in [0.15, 0.2) is 0 Å². The molecular formula is C39H50O9. The second-order valence-corrected chi connectivity index (χ2v) is 11.7. The van der Waals surface area contributed by atoms with E-state index >= 15 is 0 Å². The summed E-state index contributed by atoms with van der Waals surface area (Å²) in [7, 11) is 0. The standard InChI is InChI=1S/C39H50O9/c1-31(41)44-28-12-9-10-14-30-46-35-21-17-33(18-22-35)39(43)48-37-25-23-36(24-26-37)47-38(42)32-15-19-34(20-16-32)45-29-13-8-6-4-2-3-5-7-11-27-40/h15-26,40H,2-14,27-30H2,1H3. The van der Waals surface area contributed by atoms with Gasteiger partial charge in [-0.25, -0.2) is 9.59 Å². The quantitative estimate of drug-likeness (QED) is 0.0572. The first kappa shape index (κ1) is 38.1. The first-order valence-corrected chi connectivity index (χ1v) is 17.2. The van der Waals surface area contributed by atoms with E-state index in [0.717, 1.165) is 51.4 Å². The normalized spacial score (nSPS) is 10.7. The predicted molar refractivity (Wildman–Crippen MR) is 184 cm³/mol. The average molecular weight is 663 g/mol. The molecule has 0 radical (unpaired) electrons. The van der Waals surface area contributed by atoms with E-state index in [4.69, 9.17) is 28.8 Å². The smallest absolute Gasteiger partial charge is 0.343 e. The molecule has 0 spiro atoms. The van der Waals surface area contributed by atoms with Crippen molar-refractivity contribution in [2.45, 2.75) is 90.4 Å². The van der Waals surface area contributed by atoms with E-state index < -0.39 is 11.9 Å². The van der Waals surface area contributed by atoms with Crippen LogP contribution in [0.4, 0.5) is 0 Å². The Morgan fingerprint density at radius 2 is 0.792 bits per heavy atom. The highest BCUT2D eigenvalue weighted by Crippen LogP contribution is 2.22. The van der Waals surface area contributed by atoms with Gasteiger partial charge in [0.25, 0.3) is 0 Å². The van der Waals surface area contributed by atoms with E-state index in [9.17, 15) is 14.4 Å². The molecule has 0 unspecified atom stereocenters. The van der Waals surface area contributed by atoms with Gasteiger partial charge in [-0.1, -0.05) is 44.9 Å². The molecule has 3 aromatic carbocycles. The van der Waals surface area contributed by atoms with Crippen molar-refractivity contribution >= 4 is 17.9 Å². The lowest BCUT2D eigenvalue weighted by Gasteiger charge is -2.09. The van der Waals surface area contributed by atoms with Crippen LogP contribution in [-0.2, 0) is 9.53 Å². The summed E-state index contributed by atoms with van der Waals surface area (Å²) in [6.45, 7) is 3.35. The van der Waals surface area contributed by atoms with Crippen LogP contribution in [0.15, 0.2) is 72.8 Å². The Morgan fingerprint density at radius 1 is 0.458 bits per heavy atom. The Morgan fingerprint density at radius 3 is 1.17 bits per heavy atom. The molecule has 0 aliphatic heterocycles. The molecule has 48 heavy (non-hydrogen) atoms. The largest absolute Gasteiger partial charge is 0.494 e. The molecular weight excluding hydrogens is 612 g/mol. The van der Waals surface area contributed by atoms with Crippen molar-refractivity contribution in [3.63, 3.8) is 0 Å². The maximum atomic E-state index is 12.6. The van der Waals surface area contributed by atoms with Gasteiger partial charge in [0, 0.05) is 13.5 Å². The van der Waals surface area contributed by atoms with Crippen molar-refractivity contribution in [2.75, 3.05) is 26.4 Å². The van der Waals surface area contributed by atoms with Crippen LogP contribution in [0.2, 0.25) is 0 Å². The van der Waals surface area contributed by atoms with Gasteiger partial charge in [0.05, 0.1) is 30.9 Å². The minimum atomic E-state index is -0.511. The Balaban J connectivity index is 1.30.